The van der Waals surface area contributed by atoms with E-state index in [1.165, 1.54) is 22.5 Å². The van der Waals surface area contributed by atoms with Gasteiger partial charge in [0.2, 0.25) is 0 Å². The molecular weight excluding hydrogens is 392 g/mol. The number of ether oxygens (including phenoxy) is 1. The minimum Gasteiger partial charge on any atom is -0.457 e. The Morgan fingerprint density at radius 2 is 1.57 bits per heavy atom. The molecule has 5 heteroatoms. The highest BCUT2D eigenvalue weighted by Gasteiger charge is 2.10. The van der Waals surface area contributed by atoms with Gasteiger partial charge in [-0.15, -0.1) is 11.3 Å². The van der Waals surface area contributed by atoms with E-state index in [0.29, 0.717) is 16.4 Å². The molecule has 4 nitrogen and oxygen atoms in total. The van der Waals surface area contributed by atoms with Crippen molar-refractivity contribution < 1.29 is 9.53 Å². The Balaban J connectivity index is 1.35. The van der Waals surface area contributed by atoms with Crippen molar-refractivity contribution in [2.75, 3.05) is 5.32 Å². The third-order valence-corrected chi connectivity index (χ3v) is 5.59. The number of aryl methyl sites for hydroxylation is 1. The highest BCUT2D eigenvalue weighted by Crippen LogP contribution is 2.24. The number of carbonyl (C=O) groups excluding carboxylic acids is 1. The molecule has 1 amide bonds. The van der Waals surface area contributed by atoms with Gasteiger partial charge in [0.25, 0.3) is 5.91 Å². The lowest BCUT2D eigenvalue weighted by Gasteiger charge is -2.06. The van der Waals surface area contributed by atoms with Gasteiger partial charge in [-0.1, -0.05) is 49.4 Å². The summed E-state index contributed by atoms with van der Waals surface area (Å²) < 4.78 is 5.76. The van der Waals surface area contributed by atoms with E-state index in [0.717, 1.165) is 23.5 Å². The zero-order valence-corrected chi connectivity index (χ0v) is 17.5. The van der Waals surface area contributed by atoms with Crippen molar-refractivity contribution >= 4 is 22.4 Å². The Hall–Kier alpha value is -3.44. The van der Waals surface area contributed by atoms with Crippen LogP contribution in [0.1, 0.15) is 33.3 Å². The summed E-state index contributed by atoms with van der Waals surface area (Å²) in [6.45, 7) is 2.15. The first-order valence-corrected chi connectivity index (χ1v) is 10.7. The summed E-state index contributed by atoms with van der Waals surface area (Å²) >= 11 is 1.50. The number of nitrogens with one attached hydrogen (secondary N) is 1. The SMILES string of the molecule is CCc1ccc(Cc2cnc(NC(=O)c3ccc(Oc4ccccc4)cc3)s2)cc1. The van der Waals surface area contributed by atoms with E-state index >= 15 is 0 Å². The number of hydrogen-bond donors (Lipinski definition) is 1. The highest BCUT2D eigenvalue weighted by molar-refractivity contribution is 7.15. The van der Waals surface area contributed by atoms with Crippen LogP contribution < -0.4 is 10.1 Å². The lowest BCUT2D eigenvalue weighted by molar-refractivity contribution is 0.102. The third kappa shape index (κ3) is 5.13. The number of rotatable bonds is 7. The molecule has 0 unspecified atom stereocenters. The molecule has 0 aliphatic carbocycles. The monoisotopic (exact) mass is 414 g/mol. The van der Waals surface area contributed by atoms with Crippen LogP contribution in [-0.2, 0) is 12.8 Å². The molecule has 4 rings (SSSR count). The molecule has 1 N–H and O–H groups in total. The number of benzene rings is 3. The van der Waals surface area contributed by atoms with Gasteiger partial charge in [-0.05, 0) is 53.9 Å². The largest absolute Gasteiger partial charge is 0.457 e. The topological polar surface area (TPSA) is 51.2 Å². The molecule has 1 heterocycles. The van der Waals surface area contributed by atoms with Crippen molar-refractivity contribution in [2.24, 2.45) is 0 Å². The molecule has 0 saturated heterocycles. The van der Waals surface area contributed by atoms with Gasteiger partial charge in [0.15, 0.2) is 5.13 Å². The first kappa shape index (κ1) is 19.9. The third-order valence-electron chi connectivity index (χ3n) is 4.68. The quantitative estimate of drug-likeness (QED) is 0.384. The lowest BCUT2D eigenvalue weighted by atomic mass is 10.1. The van der Waals surface area contributed by atoms with Crippen molar-refractivity contribution in [3.05, 3.63) is 107 Å². The first-order chi connectivity index (χ1) is 14.7. The number of hydrogen-bond acceptors (Lipinski definition) is 4. The van der Waals surface area contributed by atoms with E-state index in [9.17, 15) is 4.79 Å². The summed E-state index contributed by atoms with van der Waals surface area (Å²) in [6, 6.07) is 25.2. The molecule has 0 atom stereocenters. The molecule has 0 aliphatic rings. The average Bonchev–Trinajstić information content (AvgIpc) is 3.22. The van der Waals surface area contributed by atoms with Gasteiger partial charge >= 0.3 is 0 Å². The smallest absolute Gasteiger partial charge is 0.257 e. The number of amides is 1. The zero-order chi connectivity index (χ0) is 20.8. The Labute approximate surface area is 180 Å². The second-order valence-corrected chi connectivity index (χ2v) is 7.99. The van der Waals surface area contributed by atoms with E-state index in [2.05, 4.69) is 41.5 Å². The van der Waals surface area contributed by atoms with Crippen LogP contribution in [0.4, 0.5) is 5.13 Å². The minimum absolute atomic E-state index is 0.186. The Bertz CT molecular complexity index is 1100. The van der Waals surface area contributed by atoms with E-state index in [1.807, 2.05) is 36.5 Å². The van der Waals surface area contributed by atoms with Crippen molar-refractivity contribution in [2.45, 2.75) is 19.8 Å². The Kier molecular flexibility index (Phi) is 6.20. The van der Waals surface area contributed by atoms with Crippen LogP contribution in [-0.4, -0.2) is 10.9 Å². The van der Waals surface area contributed by atoms with Gasteiger partial charge in [0, 0.05) is 23.1 Å². The summed E-state index contributed by atoms with van der Waals surface area (Å²) in [5, 5.41) is 3.48. The number of carbonyl (C=O) groups is 1. The minimum atomic E-state index is -0.186. The van der Waals surface area contributed by atoms with E-state index in [1.54, 1.807) is 24.3 Å². The summed E-state index contributed by atoms with van der Waals surface area (Å²) in [5.41, 5.74) is 3.13. The van der Waals surface area contributed by atoms with E-state index in [4.69, 9.17) is 4.74 Å². The van der Waals surface area contributed by atoms with Crippen LogP contribution in [0.3, 0.4) is 0 Å². The van der Waals surface area contributed by atoms with Crippen LogP contribution in [0.2, 0.25) is 0 Å². The molecule has 150 valence electrons. The van der Waals surface area contributed by atoms with Gasteiger partial charge in [0.1, 0.15) is 11.5 Å². The lowest BCUT2D eigenvalue weighted by Crippen LogP contribution is -2.11. The Morgan fingerprint density at radius 1 is 0.900 bits per heavy atom. The Morgan fingerprint density at radius 3 is 2.27 bits per heavy atom. The average molecular weight is 415 g/mol. The maximum Gasteiger partial charge on any atom is 0.257 e. The summed E-state index contributed by atoms with van der Waals surface area (Å²) in [5.74, 6) is 1.26. The number of nitrogens with zero attached hydrogens (tertiary/aromatic N) is 1. The predicted octanol–water partition coefficient (Wildman–Crippen LogP) is 6.34. The number of anilines is 1. The molecular formula is C25H22N2O2S. The van der Waals surface area contributed by atoms with Crippen LogP contribution in [0, 0.1) is 0 Å². The van der Waals surface area contributed by atoms with Crippen molar-refractivity contribution in [1.82, 2.24) is 4.98 Å². The van der Waals surface area contributed by atoms with Gasteiger partial charge < -0.3 is 4.74 Å². The summed E-state index contributed by atoms with van der Waals surface area (Å²) in [7, 11) is 0. The molecule has 1 aromatic heterocycles. The molecule has 0 bridgehead atoms. The number of para-hydroxylation sites is 1. The summed E-state index contributed by atoms with van der Waals surface area (Å²) in [4.78, 5) is 18.0. The van der Waals surface area contributed by atoms with Crippen LogP contribution >= 0.6 is 11.3 Å². The maximum atomic E-state index is 12.5. The maximum absolute atomic E-state index is 12.5. The molecule has 0 radical (unpaired) electrons. The van der Waals surface area contributed by atoms with E-state index in [-0.39, 0.29) is 5.91 Å². The zero-order valence-electron chi connectivity index (χ0n) is 16.7. The normalized spacial score (nSPS) is 10.6. The van der Waals surface area contributed by atoms with Crippen molar-refractivity contribution in [3.63, 3.8) is 0 Å². The van der Waals surface area contributed by atoms with Gasteiger partial charge in [-0.25, -0.2) is 4.98 Å². The standard InChI is InChI=1S/C25H22N2O2S/c1-2-18-8-10-19(11-9-18)16-23-17-26-25(30-23)27-24(28)20-12-14-22(15-13-20)29-21-6-4-3-5-7-21/h3-15,17H,2,16H2,1H3,(H,26,27,28). The molecule has 0 aliphatic heterocycles. The molecule has 30 heavy (non-hydrogen) atoms. The fraction of sp³-hybridized carbons (Fsp3) is 0.120. The van der Waals surface area contributed by atoms with Crippen LogP contribution in [0.25, 0.3) is 0 Å². The molecule has 0 spiro atoms. The molecule has 4 aromatic rings. The summed E-state index contributed by atoms with van der Waals surface area (Å²) in [6.07, 6.45) is 3.67. The second kappa shape index (κ2) is 9.37. The fourth-order valence-corrected chi connectivity index (χ4v) is 3.85. The number of aromatic nitrogens is 1. The molecule has 3 aromatic carbocycles. The predicted molar refractivity (Wildman–Crippen MR) is 122 cm³/mol. The number of thiazole rings is 1. The van der Waals surface area contributed by atoms with Gasteiger partial charge in [-0.3, -0.25) is 10.1 Å². The van der Waals surface area contributed by atoms with Gasteiger partial charge in [-0.2, -0.15) is 0 Å². The molecule has 0 saturated carbocycles. The highest BCUT2D eigenvalue weighted by atomic mass is 32.1. The van der Waals surface area contributed by atoms with Crippen LogP contribution in [0.5, 0.6) is 11.5 Å². The molecule has 0 fully saturated rings. The first-order valence-electron chi connectivity index (χ1n) is 9.86. The van der Waals surface area contributed by atoms with Crippen molar-refractivity contribution in [3.8, 4) is 11.5 Å². The second-order valence-electron chi connectivity index (χ2n) is 6.87. The fourth-order valence-electron chi connectivity index (χ4n) is 3.01. The van der Waals surface area contributed by atoms with Gasteiger partial charge in [0.05, 0.1) is 0 Å². The van der Waals surface area contributed by atoms with Crippen LogP contribution in [0.15, 0.2) is 85.1 Å². The van der Waals surface area contributed by atoms with E-state index < -0.39 is 0 Å². The van der Waals surface area contributed by atoms with Crippen molar-refractivity contribution in [1.29, 1.82) is 0 Å².